The lowest BCUT2D eigenvalue weighted by molar-refractivity contribution is -0.137. The molecule has 0 fully saturated rings. The van der Waals surface area contributed by atoms with Gasteiger partial charge in [0.25, 0.3) is 17.7 Å². The van der Waals surface area contributed by atoms with E-state index in [4.69, 9.17) is 11.6 Å². The van der Waals surface area contributed by atoms with E-state index >= 15 is 0 Å². The van der Waals surface area contributed by atoms with Crippen molar-refractivity contribution in [3.8, 4) is 0 Å². The van der Waals surface area contributed by atoms with Gasteiger partial charge in [0.2, 0.25) is 0 Å². The van der Waals surface area contributed by atoms with E-state index in [1.165, 1.54) is 0 Å². The number of carbonyl (C=O) groups excluding carboxylic acids is 3. The van der Waals surface area contributed by atoms with Gasteiger partial charge in [-0.15, -0.1) is 0 Å². The molecule has 3 N–H and O–H groups in total. The van der Waals surface area contributed by atoms with E-state index < -0.39 is 29.6 Å². The van der Waals surface area contributed by atoms with Crippen LogP contribution in [0.5, 0.6) is 0 Å². The second-order valence-electron chi connectivity index (χ2n) is 10.3. The lowest BCUT2D eigenvalue weighted by Crippen LogP contribution is -2.50. The number of hydrogen-bond acceptors (Lipinski definition) is 4. The highest BCUT2D eigenvalue weighted by molar-refractivity contribution is 6.33. The molecule has 3 amide bonds. The summed E-state index contributed by atoms with van der Waals surface area (Å²) in [6.07, 6.45) is -4.55. The minimum atomic E-state index is -4.55. The number of hydrogen-bond donors (Lipinski definition) is 3. The molecule has 0 bridgehead atoms. The van der Waals surface area contributed by atoms with Crippen molar-refractivity contribution in [2.75, 3.05) is 10.2 Å². The van der Waals surface area contributed by atoms with E-state index in [0.717, 1.165) is 40.2 Å². The minimum absolute atomic E-state index is 0.0859. The van der Waals surface area contributed by atoms with Gasteiger partial charge in [0.15, 0.2) is 0 Å². The molecule has 0 aromatic heterocycles. The Morgan fingerprint density at radius 1 is 0.929 bits per heavy atom. The number of anilines is 2. The van der Waals surface area contributed by atoms with Crippen LogP contribution in [0.2, 0.25) is 5.02 Å². The Labute approximate surface area is 244 Å². The minimum Gasteiger partial charge on any atom is -0.372 e. The molecule has 1 aliphatic rings. The quantitative estimate of drug-likeness (QED) is 0.211. The average Bonchev–Trinajstić information content (AvgIpc) is 3.22. The Kier molecular flexibility index (Phi) is 7.83. The first-order valence-corrected chi connectivity index (χ1v) is 13.5. The van der Waals surface area contributed by atoms with Crippen LogP contribution >= 0.6 is 11.6 Å². The van der Waals surface area contributed by atoms with Crippen molar-refractivity contribution in [3.63, 3.8) is 0 Å². The van der Waals surface area contributed by atoms with E-state index in [-0.39, 0.29) is 28.1 Å². The van der Waals surface area contributed by atoms with Crippen LogP contribution in [0.3, 0.4) is 0 Å². The monoisotopic (exact) mass is 594 g/mol. The maximum atomic E-state index is 13.1. The van der Waals surface area contributed by atoms with Crippen molar-refractivity contribution in [2.24, 2.45) is 5.92 Å². The van der Waals surface area contributed by atoms with E-state index in [9.17, 15) is 27.6 Å². The van der Waals surface area contributed by atoms with Gasteiger partial charge in [-0.1, -0.05) is 61.8 Å². The second-order valence-corrected chi connectivity index (χ2v) is 10.7. The second kappa shape index (κ2) is 11.4. The van der Waals surface area contributed by atoms with Crippen LogP contribution in [0, 0.1) is 5.92 Å². The number of alkyl halides is 3. The molecule has 0 spiro atoms. The zero-order valence-corrected chi connectivity index (χ0v) is 23.3. The Hall–Kier alpha value is -4.57. The summed E-state index contributed by atoms with van der Waals surface area (Å²) >= 11 is 6.03. The van der Waals surface area contributed by atoms with Crippen molar-refractivity contribution in [3.05, 3.63) is 106 Å². The van der Waals surface area contributed by atoms with Crippen LogP contribution in [0.1, 0.15) is 45.7 Å². The predicted molar refractivity (Wildman–Crippen MR) is 155 cm³/mol. The van der Waals surface area contributed by atoms with Crippen molar-refractivity contribution in [1.29, 1.82) is 0 Å². The molecule has 11 heteroatoms. The Morgan fingerprint density at radius 3 is 2.26 bits per heavy atom. The molecule has 0 aliphatic carbocycles. The highest BCUT2D eigenvalue weighted by Gasteiger charge is 2.32. The van der Waals surface area contributed by atoms with Gasteiger partial charge >= 0.3 is 6.18 Å². The molecule has 216 valence electrons. The summed E-state index contributed by atoms with van der Waals surface area (Å²) < 4.78 is 38.9. The summed E-state index contributed by atoms with van der Waals surface area (Å²) in [4.78, 5) is 40.4. The predicted octanol–water partition coefficient (Wildman–Crippen LogP) is 6.57. The number of amides is 3. The summed E-state index contributed by atoms with van der Waals surface area (Å²) in [5.41, 5.74) is 6.55. The molecule has 0 saturated heterocycles. The lowest BCUT2D eigenvalue weighted by Gasteiger charge is -2.24. The third-order valence-electron chi connectivity index (χ3n) is 7.06. The smallest absolute Gasteiger partial charge is 0.372 e. The van der Waals surface area contributed by atoms with Gasteiger partial charge in [-0.2, -0.15) is 13.2 Å². The van der Waals surface area contributed by atoms with E-state index in [0.29, 0.717) is 12.1 Å². The SMILES string of the molecule is CC(C)C(Nc1ccc(C(F)(F)F)cc1Cl)C(=O)NNC(=O)c1ccc(CN2C(=O)c3cccc4cccc2c34)cc1. The molecule has 1 heterocycles. The van der Waals surface area contributed by atoms with Crippen LogP contribution in [0.4, 0.5) is 24.5 Å². The molecule has 42 heavy (non-hydrogen) atoms. The van der Waals surface area contributed by atoms with Gasteiger partial charge in [0.1, 0.15) is 6.04 Å². The first-order valence-electron chi connectivity index (χ1n) is 13.1. The molecule has 7 nitrogen and oxygen atoms in total. The van der Waals surface area contributed by atoms with Gasteiger partial charge in [-0.25, -0.2) is 0 Å². The molecule has 1 aliphatic heterocycles. The van der Waals surface area contributed by atoms with Crippen molar-refractivity contribution < 1.29 is 27.6 Å². The Balaban J connectivity index is 1.20. The van der Waals surface area contributed by atoms with Crippen LogP contribution in [-0.4, -0.2) is 23.8 Å². The number of nitrogens with one attached hydrogen (secondary N) is 3. The molecular weight excluding hydrogens is 569 g/mol. The highest BCUT2D eigenvalue weighted by atomic mass is 35.5. The molecular formula is C31H26ClF3N4O3. The number of hydrazine groups is 1. The van der Waals surface area contributed by atoms with E-state index in [2.05, 4.69) is 16.2 Å². The lowest BCUT2D eigenvalue weighted by atomic mass is 10.0. The topological polar surface area (TPSA) is 90.5 Å². The third kappa shape index (κ3) is 5.75. The highest BCUT2D eigenvalue weighted by Crippen LogP contribution is 2.38. The van der Waals surface area contributed by atoms with E-state index in [1.807, 2.05) is 36.4 Å². The molecule has 0 saturated carbocycles. The zero-order chi connectivity index (χ0) is 30.2. The molecule has 4 aromatic carbocycles. The fraction of sp³-hybridized carbons (Fsp3) is 0.194. The zero-order valence-electron chi connectivity index (χ0n) is 22.6. The number of carbonyl (C=O) groups is 3. The van der Waals surface area contributed by atoms with Crippen molar-refractivity contribution >= 4 is 51.5 Å². The average molecular weight is 595 g/mol. The van der Waals surface area contributed by atoms with Crippen molar-refractivity contribution in [1.82, 2.24) is 10.9 Å². The Bertz CT molecular complexity index is 1680. The Morgan fingerprint density at radius 2 is 1.62 bits per heavy atom. The summed E-state index contributed by atoms with van der Waals surface area (Å²) in [5.74, 6) is -1.56. The van der Waals surface area contributed by atoms with Crippen molar-refractivity contribution in [2.45, 2.75) is 32.6 Å². The largest absolute Gasteiger partial charge is 0.416 e. The standard InChI is InChI=1S/C31H26ClF3N4O3/c1-17(2)27(36-24-14-13-21(15-23(24)32)31(33,34)35)29(41)38-37-28(40)20-11-9-18(10-12-20)16-39-25-8-4-6-19-5-3-7-22(26(19)25)30(39)42/h3-15,17,27,36H,16H2,1-2H3,(H,37,40)(H,38,41). The van der Waals surface area contributed by atoms with E-state index in [1.54, 1.807) is 43.0 Å². The van der Waals surface area contributed by atoms with Gasteiger partial charge in [0, 0.05) is 16.5 Å². The first-order chi connectivity index (χ1) is 19.9. The number of rotatable bonds is 7. The maximum absolute atomic E-state index is 13.1. The normalized spacial score (nSPS) is 13.4. The third-order valence-corrected chi connectivity index (χ3v) is 7.37. The fourth-order valence-electron chi connectivity index (χ4n) is 4.86. The van der Waals surface area contributed by atoms with Gasteiger partial charge in [-0.3, -0.25) is 25.2 Å². The number of benzene rings is 4. The summed E-state index contributed by atoms with van der Waals surface area (Å²) in [6, 6.07) is 20.0. The fourth-order valence-corrected chi connectivity index (χ4v) is 5.09. The van der Waals surface area contributed by atoms with Crippen LogP contribution < -0.4 is 21.1 Å². The molecule has 1 unspecified atom stereocenters. The van der Waals surface area contributed by atoms with Gasteiger partial charge in [0.05, 0.1) is 28.5 Å². The maximum Gasteiger partial charge on any atom is 0.416 e. The molecule has 4 aromatic rings. The molecule has 0 radical (unpaired) electrons. The van der Waals surface area contributed by atoms with Gasteiger partial charge < -0.3 is 10.2 Å². The summed E-state index contributed by atoms with van der Waals surface area (Å²) in [5, 5.41) is 4.58. The first kappa shape index (κ1) is 28.9. The van der Waals surface area contributed by atoms with Gasteiger partial charge in [-0.05, 0) is 59.3 Å². The summed E-state index contributed by atoms with van der Waals surface area (Å²) in [7, 11) is 0. The summed E-state index contributed by atoms with van der Waals surface area (Å²) in [6.45, 7) is 3.79. The number of halogens is 4. The molecule has 1 atom stereocenters. The van der Waals surface area contributed by atoms with Crippen LogP contribution in [0.15, 0.2) is 78.9 Å². The van der Waals surface area contributed by atoms with Crippen LogP contribution in [0.25, 0.3) is 10.8 Å². The number of nitrogens with zero attached hydrogens (tertiary/aromatic N) is 1. The van der Waals surface area contributed by atoms with Crippen LogP contribution in [-0.2, 0) is 17.5 Å². The molecule has 5 rings (SSSR count).